The van der Waals surface area contributed by atoms with Crippen LogP contribution in [0.25, 0.3) is 6.08 Å². The second-order valence-corrected chi connectivity index (χ2v) is 8.47. The van der Waals surface area contributed by atoms with E-state index in [4.69, 9.17) is 16.3 Å². The highest BCUT2D eigenvalue weighted by Crippen LogP contribution is 2.22. The number of esters is 1. The monoisotopic (exact) mass is 442 g/mol. The highest BCUT2D eigenvalue weighted by Gasteiger charge is 2.16. The Balaban J connectivity index is 1.99. The Morgan fingerprint density at radius 3 is 2.77 bits per heavy atom. The number of unbranched alkanes of at least 4 members (excludes halogenated alkanes) is 1. The molecule has 0 atom stereocenters. The molecule has 1 aromatic carbocycles. The molecule has 0 saturated carbocycles. The van der Waals surface area contributed by atoms with E-state index in [1.54, 1.807) is 11.3 Å². The first kappa shape index (κ1) is 22.3. The number of hydrogen-bond acceptors (Lipinski definition) is 4. The van der Waals surface area contributed by atoms with E-state index in [0.29, 0.717) is 25.1 Å². The highest BCUT2D eigenvalue weighted by atomic mass is 35.5. The van der Waals surface area contributed by atoms with E-state index in [9.17, 15) is 4.79 Å². The summed E-state index contributed by atoms with van der Waals surface area (Å²) in [5, 5.41) is 2.74. The maximum absolute atomic E-state index is 12.6. The number of imidazole rings is 1. The summed E-state index contributed by atoms with van der Waals surface area (Å²) in [7, 11) is 0. The predicted molar refractivity (Wildman–Crippen MR) is 124 cm³/mol. The van der Waals surface area contributed by atoms with Crippen LogP contribution in [0.3, 0.4) is 0 Å². The van der Waals surface area contributed by atoms with Crippen molar-refractivity contribution in [2.24, 2.45) is 0 Å². The third-order valence-electron chi connectivity index (χ3n) is 4.81. The quantitative estimate of drug-likeness (QED) is 0.278. The zero-order chi connectivity index (χ0) is 21.3. The molecule has 4 nitrogen and oxygen atoms in total. The van der Waals surface area contributed by atoms with Crippen LogP contribution in [0.1, 0.15) is 48.6 Å². The van der Waals surface area contributed by atoms with Gasteiger partial charge in [0.05, 0.1) is 25.0 Å². The Kier molecular flexibility index (Phi) is 8.29. The summed E-state index contributed by atoms with van der Waals surface area (Å²) in [5.74, 6) is 0.717. The van der Waals surface area contributed by atoms with Gasteiger partial charge < -0.3 is 9.30 Å². The Morgan fingerprint density at radius 2 is 2.07 bits per heavy atom. The molecule has 0 N–H and O–H groups in total. The number of aryl methyl sites for hydroxylation is 1. The van der Waals surface area contributed by atoms with Gasteiger partial charge in [0.1, 0.15) is 5.82 Å². The van der Waals surface area contributed by atoms with Crippen LogP contribution in [0.15, 0.2) is 53.5 Å². The highest BCUT2D eigenvalue weighted by molar-refractivity contribution is 7.09. The van der Waals surface area contributed by atoms with Crippen molar-refractivity contribution in [1.29, 1.82) is 0 Å². The van der Waals surface area contributed by atoms with Gasteiger partial charge in [0.25, 0.3) is 0 Å². The van der Waals surface area contributed by atoms with Gasteiger partial charge in [-0.15, -0.1) is 11.3 Å². The molecule has 3 rings (SSSR count). The van der Waals surface area contributed by atoms with Gasteiger partial charge in [-0.3, -0.25) is 0 Å². The van der Waals surface area contributed by atoms with Gasteiger partial charge >= 0.3 is 5.97 Å². The van der Waals surface area contributed by atoms with Gasteiger partial charge in [0.15, 0.2) is 0 Å². The summed E-state index contributed by atoms with van der Waals surface area (Å²) in [5.41, 5.74) is 2.54. The average molecular weight is 443 g/mol. The number of thiophene rings is 1. The maximum atomic E-state index is 12.6. The normalized spacial score (nSPS) is 11.6. The number of halogens is 1. The summed E-state index contributed by atoms with van der Waals surface area (Å²) in [6.07, 6.45) is 7.33. The van der Waals surface area contributed by atoms with Gasteiger partial charge in [-0.05, 0) is 42.5 Å². The van der Waals surface area contributed by atoms with Crippen molar-refractivity contribution < 1.29 is 9.53 Å². The van der Waals surface area contributed by atoms with Crippen LogP contribution in [-0.4, -0.2) is 22.1 Å². The second-order valence-electron chi connectivity index (χ2n) is 7.03. The van der Waals surface area contributed by atoms with Crippen LogP contribution >= 0.6 is 22.9 Å². The van der Waals surface area contributed by atoms with E-state index < -0.39 is 0 Å². The second kappa shape index (κ2) is 11.1. The van der Waals surface area contributed by atoms with Gasteiger partial charge in [-0.1, -0.05) is 49.2 Å². The molecule has 30 heavy (non-hydrogen) atoms. The number of hydrogen-bond donors (Lipinski definition) is 0. The van der Waals surface area contributed by atoms with Gasteiger partial charge in [-0.25, -0.2) is 9.78 Å². The first-order valence-corrected chi connectivity index (χ1v) is 11.6. The van der Waals surface area contributed by atoms with Crippen LogP contribution in [0.4, 0.5) is 0 Å². The first-order chi connectivity index (χ1) is 14.6. The van der Waals surface area contributed by atoms with Crippen molar-refractivity contribution in [2.75, 3.05) is 6.61 Å². The average Bonchev–Trinajstić information content (AvgIpc) is 3.38. The minimum Gasteiger partial charge on any atom is -0.463 e. The zero-order valence-electron chi connectivity index (χ0n) is 17.4. The zero-order valence-corrected chi connectivity index (χ0v) is 19.0. The lowest BCUT2D eigenvalue weighted by Crippen LogP contribution is -2.11. The molecule has 0 amide bonds. The maximum Gasteiger partial charge on any atom is 0.334 e. The molecule has 0 aliphatic rings. The number of nitrogens with zero attached hydrogens (tertiary/aromatic N) is 2. The number of rotatable bonds is 10. The van der Waals surface area contributed by atoms with E-state index in [1.165, 1.54) is 0 Å². The first-order valence-electron chi connectivity index (χ1n) is 10.3. The van der Waals surface area contributed by atoms with E-state index in [-0.39, 0.29) is 5.97 Å². The fourth-order valence-corrected chi connectivity index (χ4v) is 4.17. The molecule has 0 bridgehead atoms. The summed E-state index contributed by atoms with van der Waals surface area (Å²) in [4.78, 5) is 18.4. The fraction of sp³-hybridized carbons (Fsp3) is 0.333. The largest absolute Gasteiger partial charge is 0.463 e. The smallest absolute Gasteiger partial charge is 0.334 e. The third-order valence-corrected chi connectivity index (χ3v) is 6.06. The Morgan fingerprint density at radius 1 is 1.23 bits per heavy atom. The van der Waals surface area contributed by atoms with Crippen molar-refractivity contribution >= 4 is 35.0 Å². The number of aromatic nitrogens is 2. The summed E-state index contributed by atoms with van der Waals surface area (Å²) >= 11 is 8.05. The Labute approximate surface area is 187 Å². The van der Waals surface area contributed by atoms with Crippen LogP contribution in [0.5, 0.6) is 0 Å². The molecule has 0 spiro atoms. The molecule has 2 aromatic heterocycles. The molecule has 6 heteroatoms. The van der Waals surface area contributed by atoms with Crippen LogP contribution in [0, 0.1) is 0 Å². The standard InChI is InChI=1S/C24H27ClN2O2S/c1-3-5-12-23-26-16-20(27(23)17-18-9-6-7-11-22(18)25)14-19(24(28)29-4-2)15-21-10-8-13-30-21/h6-11,13-14,16H,3-5,12,15,17H2,1-2H3. The van der Waals surface area contributed by atoms with Gasteiger partial charge in [0.2, 0.25) is 0 Å². The molecule has 0 radical (unpaired) electrons. The minimum atomic E-state index is -0.286. The number of benzene rings is 1. The summed E-state index contributed by atoms with van der Waals surface area (Å²) in [6, 6.07) is 11.9. The van der Waals surface area contributed by atoms with Crippen molar-refractivity contribution in [3.05, 3.63) is 80.5 Å². The van der Waals surface area contributed by atoms with Crippen molar-refractivity contribution in [1.82, 2.24) is 9.55 Å². The Hall–Kier alpha value is -2.37. The molecule has 0 unspecified atom stereocenters. The Bertz CT molecular complexity index is 993. The molecule has 3 aromatic rings. The van der Waals surface area contributed by atoms with Crippen molar-refractivity contribution in [2.45, 2.75) is 46.1 Å². The topological polar surface area (TPSA) is 44.1 Å². The van der Waals surface area contributed by atoms with Crippen LogP contribution in [0.2, 0.25) is 5.02 Å². The lowest BCUT2D eigenvalue weighted by Gasteiger charge is -2.13. The third kappa shape index (κ3) is 5.83. The fourth-order valence-electron chi connectivity index (χ4n) is 3.24. The molecule has 158 valence electrons. The number of ether oxygens (including phenoxy) is 1. The van der Waals surface area contributed by atoms with E-state index in [0.717, 1.165) is 46.2 Å². The van der Waals surface area contributed by atoms with Crippen molar-refractivity contribution in [3.63, 3.8) is 0 Å². The minimum absolute atomic E-state index is 0.286. The molecule has 0 saturated heterocycles. The van der Waals surface area contributed by atoms with E-state index in [2.05, 4.69) is 16.5 Å². The molecule has 0 aliphatic carbocycles. The van der Waals surface area contributed by atoms with Crippen molar-refractivity contribution in [3.8, 4) is 0 Å². The number of carbonyl (C=O) groups is 1. The summed E-state index contributed by atoms with van der Waals surface area (Å²) in [6.45, 7) is 4.95. The number of carbonyl (C=O) groups excluding carboxylic acids is 1. The van der Waals surface area contributed by atoms with Gasteiger partial charge in [0, 0.05) is 28.3 Å². The molecular formula is C24H27ClN2O2S. The van der Waals surface area contributed by atoms with Gasteiger partial charge in [-0.2, -0.15) is 0 Å². The van der Waals surface area contributed by atoms with Crippen LogP contribution in [-0.2, 0) is 28.9 Å². The molecular weight excluding hydrogens is 416 g/mol. The molecule has 0 fully saturated rings. The lowest BCUT2D eigenvalue weighted by molar-refractivity contribution is -0.138. The predicted octanol–water partition coefficient (Wildman–Crippen LogP) is 6.18. The SMILES string of the molecule is CCCCc1ncc(C=C(Cc2cccs2)C(=O)OCC)n1Cc1ccccc1Cl. The van der Waals surface area contributed by atoms with Crippen LogP contribution < -0.4 is 0 Å². The summed E-state index contributed by atoms with van der Waals surface area (Å²) < 4.78 is 7.48. The lowest BCUT2D eigenvalue weighted by atomic mass is 10.1. The van der Waals surface area contributed by atoms with E-state index >= 15 is 0 Å². The van der Waals surface area contributed by atoms with E-state index in [1.807, 2.05) is 61.0 Å². The molecule has 2 heterocycles. The molecule has 0 aliphatic heterocycles.